The maximum atomic E-state index is 12.3. The highest BCUT2D eigenvalue weighted by molar-refractivity contribution is 7.48. The fourth-order valence-electron chi connectivity index (χ4n) is 2.57. The highest BCUT2D eigenvalue weighted by atomic mass is 31.2. The molecule has 7 heteroatoms. The fraction of sp³-hybridized carbons (Fsp3) is 1.00. The van der Waals surface area contributed by atoms with E-state index in [9.17, 15) is 27.5 Å². The van der Waals surface area contributed by atoms with Crippen LogP contribution in [0.5, 0.6) is 0 Å². The smallest absolute Gasteiger partial charge is 0.389 e. The SMILES string of the molecule is O=P([O-])([O-])CC(CC(F)(F)F)C1CCCCC1. The van der Waals surface area contributed by atoms with Crippen LogP contribution in [0.15, 0.2) is 0 Å². The molecule has 17 heavy (non-hydrogen) atoms. The van der Waals surface area contributed by atoms with Gasteiger partial charge in [0, 0.05) is 6.42 Å². The van der Waals surface area contributed by atoms with E-state index in [2.05, 4.69) is 0 Å². The van der Waals surface area contributed by atoms with Crippen molar-refractivity contribution in [1.82, 2.24) is 0 Å². The largest absolute Gasteiger partial charge is 0.811 e. The van der Waals surface area contributed by atoms with Crippen molar-refractivity contribution in [2.75, 3.05) is 6.16 Å². The summed E-state index contributed by atoms with van der Waals surface area (Å²) in [6, 6.07) is 0. The predicted octanol–water partition coefficient (Wildman–Crippen LogP) is 2.05. The van der Waals surface area contributed by atoms with Crippen LogP contribution in [0.25, 0.3) is 0 Å². The fourth-order valence-corrected chi connectivity index (χ4v) is 3.57. The van der Waals surface area contributed by atoms with E-state index in [0.717, 1.165) is 19.3 Å². The summed E-state index contributed by atoms with van der Waals surface area (Å²) in [5, 5.41) is 0. The summed E-state index contributed by atoms with van der Waals surface area (Å²) in [5.74, 6) is -1.34. The Morgan fingerprint density at radius 1 is 1.18 bits per heavy atom. The third-order valence-electron chi connectivity index (χ3n) is 3.27. The van der Waals surface area contributed by atoms with Gasteiger partial charge in [0.05, 0.1) is 0 Å². The zero-order chi connectivity index (χ0) is 13.1. The first-order valence-electron chi connectivity index (χ1n) is 5.75. The van der Waals surface area contributed by atoms with Gasteiger partial charge in [-0.1, -0.05) is 39.7 Å². The lowest BCUT2D eigenvalue weighted by molar-refractivity contribution is -0.314. The van der Waals surface area contributed by atoms with Crippen LogP contribution in [0.1, 0.15) is 38.5 Å². The molecule has 0 radical (unpaired) electrons. The van der Waals surface area contributed by atoms with Crippen LogP contribution in [-0.4, -0.2) is 12.3 Å². The summed E-state index contributed by atoms with van der Waals surface area (Å²) >= 11 is 0. The lowest BCUT2D eigenvalue weighted by Crippen LogP contribution is -2.31. The van der Waals surface area contributed by atoms with Crippen LogP contribution in [0.2, 0.25) is 0 Å². The minimum absolute atomic E-state index is 0.276. The van der Waals surface area contributed by atoms with Crippen LogP contribution in [0.3, 0.4) is 0 Å². The Kier molecular flexibility index (Phi) is 5.05. The molecular weight excluding hydrogens is 256 g/mol. The van der Waals surface area contributed by atoms with Crippen molar-refractivity contribution in [1.29, 1.82) is 0 Å². The molecular formula is C10H16F3O3P-2. The molecule has 0 saturated heterocycles. The second-order valence-electron chi connectivity index (χ2n) is 4.77. The van der Waals surface area contributed by atoms with Crippen molar-refractivity contribution in [2.45, 2.75) is 44.7 Å². The van der Waals surface area contributed by atoms with Crippen LogP contribution in [0.4, 0.5) is 13.2 Å². The summed E-state index contributed by atoms with van der Waals surface area (Å²) in [6.45, 7) is 0. The van der Waals surface area contributed by atoms with Crippen LogP contribution < -0.4 is 9.79 Å². The van der Waals surface area contributed by atoms with E-state index in [1.165, 1.54) is 0 Å². The molecule has 102 valence electrons. The minimum Gasteiger partial charge on any atom is -0.811 e. The van der Waals surface area contributed by atoms with Gasteiger partial charge in [0.1, 0.15) is 0 Å². The molecule has 1 atom stereocenters. The first-order chi connectivity index (χ1) is 7.67. The Morgan fingerprint density at radius 2 is 1.71 bits per heavy atom. The summed E-state index contributed by atoms with van der Waals surface area (Å²) in [5.41, 5.74) is 0. The van der Waals surface area contributed by atoms with E-state index in [0.29, 0.717) is 12.8 Å². The molecule has 1 aliphatic rings. The normalized spacial score (nSPS) is 21.5. The highest BCUT2D eigenvalue weighted by Gasteiger charge is 2.36. The number of hydrogen-bond donors (Lipinski definition) is 0. The predicted molar refractivity (Wildman–Crippen MR) is 53.2 cm³/mol. The maximum absolute atomic E-state index is 12.3. The van der Waals surface area contributed by atoms with Crippen molar-refractivity contribution in [2.24, 2.45) is 11.8 Å². The Hall–Kier alpha value is -0.0600. The molecule has 0 amide bonds. The van der Waals surface area contributed by atoms with Gasteiger partial charge < -0.3 is 14.4 Å². The summed E-state index contributed by atoms with van der Waals surface area (Å²) < 4.78 is 47.7. The molecule has 1 unspecified atom stereocenters. The van der Waals surface area contributed by atoms with Gasteiger partial charge >= 0.3 is 6.18 Å². The van der Waals surface area contributed by atoms with Gasteiger partial charge in [-0.3, -0.25) is 0 Å². The van der Waals surface area contributed by atoms with Crippen molar-refractivity contribution >= 4 is 7.60 Å². The molecule has 3 nitrogen and oxygen atoms in total. The average molecular weight is 272 g/mol. The van der Waals surface area contributed by atoms with Gasteiger partial charge in [0.15, 0.2) is 0 Å². The van der Waals surface area contributed by atoms with Crippen molar-refractivity contribution in [3.8, 4) is 0 Å². The molecule has 0 spiro atoms. The summed E-state index contributed by atoms with van der Waals surface area (Å²) in [4.78, 5) is 21.4. The molecule has 1 saturated carbocycles. The van der Waals surface area contributed by atoms with Gasteiger partial charge in [-0.15, -0.1) is 0 Å². The van der Waals surface area contributed by atoms with Gasteiger partial charge in [0.2, 0.25) is 0 Å². The Morgan fingerprint density at radius 3 is 2.12 bits per heavy atom. The van der Waals surface area contributed by atoms with Gasteiger partial charge in [-0.05, 0) is 18.0 Å². The van der Waals surface area contributed by atoms with Gasteiger partial charge in [0.25, 0.3) is 0 Å². The quantitative estimate of drug-likeness (QED) is 0.736. The topological polar surface area (TPSA) is 63.2 Å². The summed E-state index contributed by atoms with van der Waals surface area (Å²) in [6.07, 6.45) is -2.62. The Labute approximate surface area is 98.6 Å². The maximum Gasteiger partial charge on any atom is 0.389 e. The lowest BCUT2D eigenvalue weighted by atomic mass is 9.79. The molecule has 0 aromatic carbocycles. The standard InChI is InChI=1S/C10H18F3O3P/c11-10(12,13)6-9(7-17(14,15)16)8-4-2-1-3-5-8/h8-9H,1-7H2,(H2,14,15,16)/p-2. The van der Waals surface area contributed by atoms with Crippen LogP contribution >= 0.6 is 7.60 Å². The number of halogens is 3. The molecule has 1 aliphatic carbocycles. The van der Waals surface area contributed by atoms with E-state index in [1.807, 2.05) is 0 Å². The Bertz CT molecular complexity index is 281. The molecule has 0 bridgehead atoms. The molecule has 0 N–H and O–H groups in total. The monoisotopic (exact) mass is 272 g/mol. The first-order valence-corrected chi connectivity index (χ1v) is 7.48. The molecule has 0 aliphatic heterocycles. The number of hydrogen-bond acceptors (Lipinski definition) is 3. The number of rotatable bonds is 4. The highest BCUT2D eigenvalue weighted by Crippen LogP contribution is 2.41. The lowest BCUT2D eigenvalue weighted by Gasteiger charge is -2.38. The molecule has 0 aromatic heterocycles. The van der Waals surface area contributed by atoms with Gasteiger partial charge in [-0.2, -0.15) is 13.2 Å². The summed E-state index contributed by atoms with van der Waals surface area (Å²) in [7, 11) is -4.87. The second kappa shape index (κ2) is 5.72. The third-order valence-corrected chi connectivity index (χ3v) is 4.18. The van der Waals surface area contributed by atoms with Gasteiger partial charge in [-0.25, -0.2) is 0 Å². The molecule has 1 fully saturated rings. The van der Waals surface area contributed by atoms with E-state index in [-0.39, 0.29) is 5.92 Å². The van der Waals surface area contributed by atoms with E-state index < -0.39 is 32.3 Å². The zero-order valence-corrected chi connectivity index (χ0v) is 10.3. The molecule has 1 rings (SSSR count). The van der Waals surface area contributed by atoms with Crippen molar-refractivity contribution < 1.29 is 27.5 Å². The second-order valence-corrected chi connectivity index (χ2v) is 6.36. The van der Waals surface area contributed by atoms with Crippen LogP contribution in [-0.2, 0) is 4.57 Å². The zero-order valence-electron chi connectivity index (χ0n) is 9.41. The Balaban J connectivity index is 2.67. The van der Waals surface area contributed by atoms with E-state index in [1.54, 1.807) is 0 Å². The first kappa shape index (κ1) is 15.0. The number of alkyl halides is 3. The van der Waals surface area contributed by atoms with E-state index >= 15 is 0 Å². The van der Waals surface area contributed by atoms with Crippen molar-refractivity contribution in [3.63, 3.8) is 0 Å². The van der Waals surface area contributed by atoms with Crippen molar-refractivity contribution in [3.05, 3.63) is 0 Å². The van der Waals surface area contributed by atoms with Crippen LogP contribution in [0, 0.1) is 11.8 Å². The molecule has 0 aromatic rings. The average Bonchev–Trinajstić information content (AvgIpc) is 2.14. The minimum atomic E-state index is -4.87. The third kappa shape index (κ3) is 6.43. The molecule has 0 heterocycles. The van der Waals surface area contributed by atoms with E-state index in [4.69, 9.17) is 0 Å².